The van der Waals surface area contributed by atoms with Crippen LogP contribution in [0.4, 0.5) is 26.3 Å². The molecule has 45 heavy (non-hydrogen) atoms. The number of benzene rings is 2. The minimum Gasteiger partial charge on any atom is -0.366 e. The van der Waals surface area contributed by atoms with E-state index in [4.69, 9.17) is 5.73 Å². The van der Waals surface area contributed by atoms with Gasteiger partial charge >= 0.3 is 6.18 Å². The molecule has 7 nitrogen and oxygen atoms in total. The number of carbonyl (C=O) groups is 2. The first-order chi connectivity index (χ1) is 21.1. The lowest BCUT2D eigenvalue weighted by atomic mass is 9.76. The summed E-state index contributed by atoms with van der Waals surface area (Å²) in [5.74, 6) is -4.30. The van der Waals surface area contributed by atoms with Gasteiger partial charge in [-0.05, 0) is 72.6 Å². The van der Waals surface area contributed by atoms with Crippen molar-refractivity contribution in [1.82, 2.24) is 20.1 Å². The molecule has 2 heterocycles. The first-order valence-corrected chi connectivity index (χ1v) is 14.1. The zero-order chi connectivity index (χ0) is 32.7. The Bertz CT molecular complexity index is 1760. The van der Waals surface area contributed by atoms with Gasteiger partial charge in [0.1, 0.15) is 24.0 Å². The Morgan fingerprint density at radius 3 is 2.44 bits per heavy atom. The van der Waals surface area contributed by atoms with Crippen molar-refractivity contribution in [1.29, 1.82) is 0 Å². The summed E-state index contributed by atoms with van der Waals surface area (Å²) in [4.78, 5) is 29.7. The Morgan fingerprint density at radius 1 is 1.07 bits per heavy atom. The summed E-state index contributed by atoms with van der Waals surface area (Å²) in [5.41, 5.74) is 4.99. The average Bonchev–Trinajstić information content (AvgIpc) is 3.29. The predicted octanol–water partition coefficient (Wildman–Crippen LogP) is 6.10. The molecule has 0 bridgehead atoms. The molecule has 2 amide bonds. The molecule has 13 heteroatoms. The minimum atomic E-state index is -4.71. The number of halogens is 6. The normalized spacial score (nSPS) is 14.9. The van der Waals surface area contributed by atoms with Crippen LogP contribution in [0.2, 0.25) is 0 Å². The number of hydrogen-bond donors (Lipinski definition) is 2. The summed E-state index contributed by atoms with van der Waals surface area (Å²) in [5, 5.41) is 6.54. The van der Waals surface area contributed by atoms with Gasteiger partial charge in [-0.3, -0.25) is 19.3 Å². The highest BCUT2D eigenvalue weighted by Gasteiger charge is 2.42. The Morgan fingerprint density at radius 2 is 1.78 bits per heavy atom. The van der Waals surface area contributed by atoms with Crippen molar-refractivity contribution >= 4 is 11.8 Å². The summed E-state index contributed by atoms with van der Waals surface area (Å²) >= 11 is 0. The molecule has 1 aliphatic rings. The van der Waals surface area contributed by atoms with E-state index in [0.717, 1.165) is 22.9 Å². The van der Waals surface area contributed by atoms with E-state index in [0.29, 0.717) is 29.3 Å². The zero-order valence-electron chi connectivity index (χ0n) is 24.3. The molecule has 0 saturated carbocycles. The third-order valence-corrected chi connectivity index (χ3v) is 7.83. The van der Waals surface area contributed by atoms with Gasteiger partial charge in [0.25, 0.3) is 5.91 Å². The topological polar surface area (TPSA) is 103 Å². The molecule has 0 aliphatic heterocycles. The fourth-order valence-corrected chi connectivity index (χ4v) is 5.74. The molecular weight excluding hydrogens is 600 g/mol. The number of hydrogen-bond acceptors (Lipinski definition) is 4. The summed E-state index contributed by atoms with van der Waals surface area (Å²) in [6, 6.07) is 8.56. The number of pyridine rings is 1. The SMILES string of the molecule is CC1(C)CCc2c(C(F)(F)F)nn(CC(=O)N[C@@H](Cc3cc(F)cc(F)c3)c3ncccc3-c3ccc(F)c(C(N)=O)c3)c2C1. The van der Waals surface area contributed by atoms with Crippen LogP contribution in [0.3, 0.4) is 0 Å². The Labute approximate surface area is 254 Å². The molecule has 0 unspecified atom stereocenters. The van der Waals surface area contributed by atoms with E-state index in [1.165, 1.54) is 18.3 Å². The number of nitrogens with two attached hydrogens (primary N) is 1. The number of alkyl halides is 3. The molecule has 236 valence electrons. The Balaban J connectivity index is 1.54. The lowest BCUT2D eigenvalue weighted by Crippen LogP contribution is -2.35. The van der Waals surface area contributed by atoms with Crippen LogP contribution in [0.1, 0.15) is 64.9 Å². The van der Waals surface area contributed by atoms with E-state index < -0.39 is 53.7 Å². The molecule has 1 aliphatic carbocycles. The van der Waals surface area contributed by atoms with Gasteiger partial charge in [0, 0.05) is 29.1 Å². The monoisotopic (exact) mass is 629 g/mol. The lowest BCUT2D eigenvalue weighted by Gasteiger charge is -2.30. The summed E-state index contributed by atoms with van der Waals surface area (Å²) < 4.78 is 85.2. The maximum atomic E-state index is 14.3. The summed E-state index contributed by atoms with van der Waals surface area (Å²) in [6.45, 7) is 3.29. The van der Waals surface area contributed by atoms with Gasteiger partial charge in [-0.2, -0.15) is 18.3 Å². The molecule has 5 rings (SSSR count). The molecule has 0 radical (unpaired) electrons. The largest absolute Gasteiger partial charge is 0.435 e. The molecule has 2 aromatic carbocycles. The molecule has 0 fully saturated rings. The van der Waals surface area contributed by atoms with E-state index in [1.807, 2.05) is 13.8 Å². The molecular formula is C32H29F6N5O2. The molecule has 2 aromatic heterocycles. The van der Waals surface area contributed by atoms with Crippen molar-refractivity contribution in [3.63, 3.8) is 0 Å². The fraction of sp³-hybridized carbons (Fsp3) is 0.312. The van der Waals surface area contributed by atoms with Crippen molar-refractivity contribution in [2.75, 3.05) is 0 Å². The molecule has 4 aromatic rings. The highest BCUT2D eigenvalue weighted by Crippen LogP contribution is 2.41. The predicted molar refractivity (Wildman–Crippen MR) is 152 cm³/mol. The third kappa shape index (κ3) is 7.02. The number of nitrogens with one attached hydrogen (secondary N) is 1. The van der Waals surface area contributed by atoms with Gasteiger partial charge in [0.15, 0.2) is 5.69 Å². The summed E-state index contributed by atoms with van der Waals surface area (Å²) in [6.07, 6.45) is -2.51. The van der Waals surface area contributed by atoms with Crippen molar-refractivity contribution < 1.29 is 35.9 Å². The van der Waals surface area contributed by atoms with Crippen LogP contribution in [-0.4, -0.2) is 26.6 Å². The average molecular weight is 630 g/mol. The van der Waals surface area contributed by atoms with Crippen molar-refractivity contribution in [2.45, 2.75) is 58.3 Å². The number of primary amides is 1. The number of nitrogens with zero attached hydrogens (tertiary/aromatic N) is 3. The van der Waals surface area contributed by atoms with Crippen LogP contribution in [0, 0.1) is 22.9 Å². The highest BCUT2D eigenvalue weighted by molar-refractivity contribution is 5.94. The van der Waals surface area contributed by atoms with Crippen LogP contribution in [0.25, 0.3) is 11.1 Å². The van der Waals surface area contributed by atoms with Crippen LogP contribution in [-0.2, 0) is 36.8 Å². The molecule has 0 spiro atoms. The Hall–Kier alpha value is -4.68. The van der Waals surface area contributed by atoms with Crippen molar-refractivity contribution in [3.8, 4) is 11.1 Å². The van der Waals surface area contributed by atoms with Crippen LogP contribution in [0.15, 0.2) is 54.7 Å². The molecule has 1 atom stereocenters. The van der Waals surface area contributed by atoms with E-state index in [-0.39, 0.29) is 47.1 Å². The maximum Gasteiger partial charge on any atom is 0.435 e. The number of amides is 2. The first kappa shape index (κ1) is 31.7. The van der Waals surface area contributed by atoms with E-state index in [2.05, 4.69) is 15.4 Å². The zero-order valence-corrected chi connectivity index (χ0v) is 24.3. The van der Waals surface area contributed by atoms with Gasteiger partial charge in [0.05, 0.1) is 17.3 Å². The van der Waals surface area contributed by atoms with E-state index in [9.17, 15) is 35.9 Å². The van der Waals surface area contributed by atoms with Crippen LogP contribution < -0.4 is 11.1 Å². The smallest absolute Gasteiger partial charge is 0.366 e. The third-order valence-electron chi connectivity index (χ3n) is 7.83. The lowest BCUT2D eigenvalue weighted by molar-refractivity contribution is -0.142. The van der Waals surface area contributed by atoms with Crippen molar-refractivity contribution in [2.24, 2.45) is 11.1 Å². The van der Waals surface area contributed by atoms with E-state index >= 15 is 0 Å². The van der Waals surface area contributed by atoms with Crippen LogP contribution in [0.5, 0.6) is 0 Å². The minimum absolute atomic E-state index is 0.0648. The number of fused-ring (bicyclic) bond motifs is 1. The van der Waals surface area contributed by atoms with Gasteiger partial charge in [-0.25, -0.2) is 13.2 Å². The van der Waals surface area contributed by atoms with E-state index in [1.54, 1.807) is 12.1 Å². The highest BCUT2D eigenvalue weighted by atomic mass is 19.4. The summed E-state index contributed by atoms with van der Waals surface area (Å²) in [7, 11) is 0. The number of carbonyl (C=O) groups excluding carboxylic acids is 2. The fourth-order valence-electron chi connectivity index (χ4n) is 5.74. The van der Waals surface area contributed by atoms with Gasteiger partial charge in [-0.1, -0.05) is 26.0 Å². The molecule has 3 N–H and O–H groups in total. The van der Waals surface area contributed by atoms with Gasteiger partial charge in [-0.15, -0.1) is 0 Å². The maximum absolute atomic E-state index is 14.3. The quantitative estimate of drug-likeness (QED) is 0.230. The number of rotatable bonds is 8. The van der Waals surface area contributed by atoms with Gasteiger partial charge < -0.3 is 11.1 Å². The standard InChI is InChI=1S/C32H29F6N5O2/c1-31(2)8-7-22-26(15-31)43(42-29(22)32(36,37)38)16-27(44)41-25(12-17-10-19(33)14-20(34)11-17)28-21(4-3-9-40-28)18-5-6-24(35)23(13-18)30(39)45/h3-6,9-11,13-14,25H,7-8,12,15-16H2,1-2H3,(H2,39,45)(H,41,44)/t25-/m0/s1. The van der Waals surface area contributed by atoms with Crippen LogP contribution >= 0.6 is 0 Å². The first-order valence-electron chi connectivity index (χ1n) is 14.1. The second kappa shape index (κ2) is 12.0. The van der Waals surface area contributed by atoms with Crippen molar-refractivity contribution in [3.05, 3.63) is 106 Å². The molecule has 0 saturated heterocycles. The number of aromatic nitrogens is 3. The second-order valence-corrected chi connectivity index (χ2v) is 11.9. The Kier molecular flexibility index (Phi) is 8.47. The van der Waals surface area contributed by atoms with Gasteiger partial charge in [0.2, 0.25) is 5.91 Å². The second-order valence-electron chi connectivity index (χ2n) is 11.9.